The number of amides is 3. The van der Waals surface area contributed by atoms with Crippen LogP contribution in [0.5, 0.6) is 5.75 Å². The van der Waals surface area contributed by atoms with Crippen molar-refractivity contribution in [2.75, 3.05) is 62.1 Å². The topological polar surface area (TPSA) is 187 Å². The molecule has 20 heteroatoms. The molecule has 6 aliphatic rings. The Kier molecular flexibility index (Phi) is 11.9. The van der Waals surface area contributed by atoms with Gasteiger partial charge in [-0.15, -0.1) is 0 Å². The molecule has 5 aromatic rings. The number of aromatic amines is 1. The lowest BCUT2D eigenvalue weighted by molar-refractivity contribution is -0.148. The summed E-state index contributed by atoms with van der Waals surface area (Å²) in [6.45, 7) is 4.77. The van der Waals surface area contributed by atoms with Crippen molar-refractivity contribution in [3.8, 4) is 16.9 Å². The van der Waals surface area contributed by atoms with Gasteiger partial charge in [-0.2, -0.15) is 12.7 Å². The van der Waals surface area contributed by atoms with E-state index in [9.17, 15) is 32.0 Å². The Morgan fingerprint density at radius 2 is 1.74 bits per heavy atom. The van der Waals surface area contributed by atoms with Crippen molar-refractivity contribution < 1.29 is 50.2 Å². The van der Waals surface area contributed by atoms with Crippen molar-refractivity contribution in [1.29, 1.82) is 0 Å². The maximum absolute atomic E-state index is 15.8. The van der Waals surface area contributed by atoms with Crippen LogP contribution in [0.2, 0.25) is 0 Å². The summed E-state index contributed by atoms with van der Waals surface area (Å²) in [4.78, 5) is 65.0. The summed E-state index contributed by atoms with van der Waals surface area (Å²) in [5.74, 6) is -3.31. The molecule has 1 unspecified atom stereocenters. The van der Waals surface area contributed by atoms with Crippen LogP contribution in [0.3, 0.4) is 0 Å². The highest BCUT2D eigenvalue weighted by atomic mass is 32.2. The van der Waals surface area contributed by atoms with E-state index in [4.69, 9.17) is 9.47 Å². The molecule has 1 saturated carbocycles. The SMILES string of the molecule is O=C1CCC(N2Cc3cc(O[C@H]4C[C@]5(COCCN5CC5CCN(c6ccc(-c7cnc8[nH]cc(C(=O)c9c(F)ccc(NS(=O)(=O)N%10CC[C@@H](F)C%10)c9F)c8c7)cc6)CC5)C4)ccc3C2=O)C(=O)N1. The number of imide groups is 1. The van der Waals surface area contributed by atoms with E-state index in [0.717, 1.165) is 85.1 Å². The van der Waals surface area contributed by atoms with Gasteiger partial charge in [0.15, 0.2) is 5.82 Å². The highest BCUT2D eigenvalue weighted by Gasteiger charge is 2.52. The number of carbonyl (C=O) groups excluding carboxylic acids is 4. The van der Waals surface area contributed by atoms with Gasteiger partial charge in [-0.1, -0.05) is 12.1 Å². The van der Waals surface area contributed by atoms with Crippen LogP contribution in [0, 0.1) is 17.6 Å². The van der Waals surface area contributed by atoms with E-state index in [2.05, 4.69) is 37.2 Å². The predicted molar refractivity (Wildman–Crippen MR) is 251 cm³/mol. The largest absolute Gasteiger partial charge is 0.490 e. The monoisotopic (exact) mass is 980 g/mol. The van der Waals surface area contributed by atoms with Crippen LogP contribution in [-0.2, 0) is 31.1 Å². The number of alkyl halides is 1. The Labute approximate surface area is 401 Å². The number of halogens is 3. The smallest absolute Gasteiger partial charge is 0.301 e. The minimum Gasteiger partial charge on any atom is -0.490 e. The third-order valence-corrected chi connectivity index (χ3v) is 16.5. The standard InChI is InChI=1S/C50H51F3N8O8S/c51-33-13-16-60(27-33)70(66,67)57-41-8-7-40(52)44(45(41)53)46(63)39-24-55-47-38(39)20-31(23-54-47)30-1-3-34(4-2-30)58-14-11-29(12-15-58)25-59-17-18-68-28-50(59)21-36(22-50)69-35-5-6-37-32(19-35)26-61(49(37)65)42-9-10-43(62)56-48(42)64/h1-8,19-20,23-24,29,33,36,42,57H,9-18,21-22,25-28H2,(H,54,55)(H,56,62,64)/t33-,36-,42?,50+/m1/s1. The molecule has 16 nitrogen and oxygen atoms in total. The number of hydrogen-bond acceptors (Lipinski definition) is 11. The fraction of sp³-hybridized carbons (Fsp3) is 0.420. The summed E-state index contributed by atoms with van der Waals surface area (Å²) in [5, 5.41) is 2.68. The first-order chi connectivity index (χ1) is 33.7. The number of hydrogen-bond donors (Lipinski definition) is 3. The molecule has 0 radical (unpaired) electrons. The van der Waals surface area contributed by atoms with Gasteiger partial charge in [-0.25, -0.2) is 18.2 Å². The maximum atomic E-state index is 15.8. The van der Waals surface area contributed by atoms with Gasteiger partial charge in [0.1, 0.15) is 35.5 Å². The maximum Gasteiger partial charge on any atom is 0.301 e. The summed E-state index contributed by atoms with van der Waals surface area (Å²) in [6.07, 6.45) is 5.86. The molecular formula is C50H51F3N8O8S. The zero-order valence-electron chi connectivity index (χ0n) is 38.1. The van der Waals surface area contributed by atoms with Crippen molar-refractivity contribution in [3.63, 3.8) is 0 Å². The molecule has 2 aromatic heterocycles. The van der Waals surface area contributed by atoms with Crippen LogP contribution in [0.1, 0.15) is 76.8 Å². The minimum absolute atomic E-state index is 0.000484. The number of fused-ring (bicyclic) bond motifs is 2. The fourth-order valence-corrected chi connectivity index (χ4v) is 12.4. The Hall–Kier alpha value is -6.35. The molecule has 3 aromatic carbocycles. The molecule has 7 heterocycles. The van der Waals surface area contributed by atoms with E-state index in [0.29, 0.717) is 60.0 Å². The quantitative estimate of drug-likeness (QED) is 0.102. The Bertz CT molecular complexity index is 3030. The number of H-pyrrole nitrogens is 1. The number of ketones is 1. The van der Waals surface area contributed by atoms with Gasteiger partial charge < -0.3 is 24.3 Å². The van der Waals surface area contributed by atoms with E-state index in [1.807, 2.05) is 29.0 Å². The summed E-state index contributed by atoms with van der Waals surface area (Å²) in [6, 6.07) is 16.3. The molecule has 70 heavy (non-hydrogen) atoms. The van der Waals surface area contributed by atoms with Crippen molar-refractivity contribution in [2.45, 2.75) is 75.3 Å². The number of nitrogens with zero attached hydrogens (tertiary/aromatic N) is 5. The van der Waals surface area contributed by atoms with Gasteiger partial charge in [0.25, 0.3) is 5.91 Å². The zero-order valence-corrected chi connectivity index (χ0v) is 38.9. The summed E-state index contributed by atoms with van der Waals surface area (Å²) in [5.41, 5.74) is 2.56. The molecule has 11 rings (SSSR count). The number of morpholine rings is 1. The normalized spacial score (nSPS) is 24.6. The van der Waals surface area contributed by atoms with Crippen molar-refractivity contribution in [3.05, 3.63) is 107 Å². The Morgan fingerprint density at radius 1 is 0.943 bits per heavy atom. The number of nitrogens with one attached hydrogen (secondary N) is 3. The van der Waals surface area contributed by atoms with Gasteiger partial charge in [0.05, 0.1) is 30.0 Å². The predicted octanol–water partition coefficient (Wildman–Crippen LogP) is 5.73. The molecule has 4 saturated heterocycles. The minimum atomic E-state index is -4.36. The van der Waals surface area contributed by atoms with Crippen molar-refractivity contribution >= 4 is 56.1 Å². The molecule has 2 atom stereocenters. The molecule has 3 N–H and O–H groups in total. The van der Waals surface area contributed by atoms with E-state index >= 15 is 8.78 Å². The average molecular weight is 981 g/mol. The molecule has 3 amide bonds. The number of pyridine rings is 1. The van der Waals surface area contributed by atoms with Crippen LogP contribution >= 0.6 is 0 Å². The average Bonchev–Trinajstić information content (AvgIpc) is 4.07. The van der Waals surface area contributed by atoms with Crippen LogP contribution in [0.4, 0.5) is 24.5 Å². The second kappa shape index (κ2) is 18.1. The number of rotatable bonds is 12. The number of carbonyl (C=O) groups is 4. The fourth-order valence-electron chi connectivity index (χ4n) is 11.1. The Balaban J connectivity index is 0.694. The van der Waals surface area contributed by atoms with E-state index < -0.39 is 63.5 Å². The lowest BCUT2D eigenvalue weighted by Gasteiger charge is -2.56. The van der Waals surface area contributed by atoms with E-state index in [-0.39, 0.29) is 48.4 Å². The van der Waals surface area contributed by atoms with Gasteiger partial charge in [-0.3, -0.25) is 34.1 Å². The van der Waals surface area contributed by atoms with E-state index in [1.54, 1.807) is 23.2 Å². The lowest BCUT2D eigenvalue weighted by atomic mass is 9.72. The molecule has 1 aliphatic carbocycles. The first-order valence-electron chi connectivity index (χ1n) is 23.8. The third-order valence-electron chi connectivity index (χ3n) is 15.0. The van der Waals surface area contributed by atoms with Crippen LogP contribution in [0.25, 0.3) is 22.2 Å². The van der Waals surface area contributed by atoms with Crippen LogP contribution in [-0.4, -0.2) is 132 Å². The Morgan fingerprint density at radius 3 is 2.50 bits per heavy atom. The van der Waals surface area contributed by atoms with Gasteiger partial charge in [0, 0.05) is 105 Å². The second-order valence-corrected chi connectivity index (χ2v) is 21.0. The number of aromatic nitrogens is 2. The number of ether oxygens (including phenoxy) is 2. The zero-order chi connectivity index (χ0) is 48.5. The van der Waals surface area contributed by atoms with Gasteiger partial charge in [0.2, 0.25) is 17.6 Å². The summed E-state index contributed by atoms with van der Waals surface area (Å²) in [7, 11) is -4.36. The molecule has 5 fully saturated rings. The first kappa shape index (κ1) is 46.1. The molecule has 5 aliphatic heterocycles. The summed E-state index contributed by atoms with van der Waals surface area (Å²) >= 11 is 0. The van der Waals surface area contributed by atoms with Crippen molar-refractivity contribution in [1.82, 2.24) is 29.4 Å². The highest BCUT2D eigenvalue weighted by Crippen LogP contribution is 2.44. The van der Waals surface area contributed by atoms with E-state index in [1.165, 1.54) is 6.20 Å². The molecule has 366 valence electrons. The first-order valence-corrected chi connectivity index (χ1v) is 25.2. The van der Waals surface area contributed by atoms with Crippen LogP contribution < -0.4 is 19.7 Å². The lowest BCUT2D eigenvalue weighted by Crippen LogP contribution is -2.67. The second-order valence-electron chi connectivity index (χ2n) is 19.4. The molecule has 1 spiro atoms. The van der Waals surface area contributed by atoms with Gasteiger partial charge >= 0.3 is 10.2 Å². The van der Waals surface area contributed by atoms with Gasteiger partial charge in [-0.05, 0) is 91.3 Å². The number of anilines is 2. The van der Waals surface area contributed by atoms with Crippen molar-refractivity contribution in [2.24, 2.45) is 5.92 Å². The molecule has 0 bridgehead atoms. The molecular weight excluding hydrogens is 930 g/mol. The number of benzene rings is 3. The van der Waals surface area contributed by atoms with Crippen LogP contribution in [0.15, 0.2) is 73.1 Å². The third kappa shape index (κ3) is 8.57. The highest BCUT2D eigenvalue weighted by molar-refractivity contribution is 7.90. The summed E-state index contributed by atoms with van der Waals surface area (Å²) < 4.78 is 85.8. The number of piperidine rings is 2.